The molecule has 0 aliphatic rings. The molecule has 1 rings (SSSR count). The molecule has 1 aromatic rings. The molecule has 6 heteroatoms. The number of hydrogen-bond acceptors (Lipinski definition) is 4. The Morgan fingerprint density at radius 3 is 2.17 bits per heavy atom. The number of nitrogens with two attached hydrogens (primary N) is 1. The van der Waals surface area contributed by atoms with Gasteiger partial charge in [0, 0.05) is 28.7 Å². The van der Waals surface area contributed by atoms with Crippen LogP contribution in [-0.2, 0) is 0 Å². The number of benzene rings is 1. The van der Waals surface area contributed by atoms with Crippen LogP contribution < -0.4 is 11.1 Å². The lowest BCUT2D eigenvalue weighted by Gasteiger charge is -2.38. The van der Waals surface area contributed by atoms with Crippen molar-refractivity contribution in [1.29, 1.82) is 5.41 Å². The number of primary amides is 1. The monoisotopic (exact) mass is 437 g/mol. The van der Waals surface area contributed by atoms with Gasteiger partial charge in [-0.2, -0.15) is 0 Å². The van der Waals surface area contributed by atoms with E-state index in [1.807, 2.05) is 12.1 Å². The zero-order chi connectivity index (χ0) is 22.0. The molecule has 0 aliphatic heterocycles. The first-order valence-electron chi connectivity index (χ1n) is 10.7. The maximum Gasteiger partial charge on any atom is 0.248 e. The van der Waals surface area contributed by atoms with Crippen LogP contribution >= 0.6 is 21.6 Å². The summed E-state index contributed by atoms with van der Waals surface area (Å²) in [5, 5.41) is 11.9. The van der Waals surface area contributed by atoms with Crippen molar-refractivity contribution in [3.63, 3.8) is 0 Å². The molecule has 0 spiro atoms. The zero-order valence-corrected chi connectivity index (χ0v) is 20.5. The average molecular weight is 438 g/mol. The third-order valence-corrected chi connectivity index (χ3v) is 8.54. The highest BCUT2D eigenvalue weighted by Gasteiger charge is 2.31. The van der Waals surface area contributed by atoms with Crippen LogP contribution in [0.5, 0.6) is 0 Å². The summed E-state index contributed by atoms with van der Waals surface area (Å²) in [6.45, 7) is 13.9. The fourth-order valence-electron chi connectivity index (χ4n) is 3.86. The van der Waals surface area contributed by atoms with Crippen LogP contribution in [0.15, 0.2) is 29.2 Å². The van der Waals surface area contributed by atoms with E-state index >= 15 is 0 Å². The van der Waals surface area contributed by atoms with Gasteiger partial charge in [-0.05, 0) is 54.9 Å². The van der Waals surface area contributed by atoms with E-state index in [0.717, 1.165) is 17.1 Å². The molecule has 0 aromatic heterocycles. The molecule has 0 saturated heterocycles. The maximum atomic E-state index is 11.1. The molecule has 0 radical (unpaired) electrons. The van der Waals surface area contributed by atoms with Crippen molar-refractivity contribution < 1.29 is 4.79 Å². The predicted octanol–water partition coefficient (Wildman–Crippen LogP) is 6.22. The van der Waals surface area contributed by atoms with Crippen LogP contribution in [0.3, 0.4) is 0 Å². The number of hydrogen-bond donors (Lipinski definition) is 3. The van der Waals surface area contributed by atoms with Crippen molar-refractivity contribution >= 4 is 33.3 Å². The van der Waals surface area contributed by atoms with Gasteiger partial charge >= 0.3 is 0 Å². The van der Waals surface area contributed by atoms with Crippen LogP contribution in [0.25, 0.3) is 0 Å². The van der Waals surface area contributed by atoms with E-state index in [9.17, 15) is 4.79 Å². The Kier molecular flexibility index (Phi) is 11.8. The highest BCUT2D eigenvalue weighted by Crippen LogP contribution is 2.34. The molecule has 0 saturated carbocycles. The second-order valence-electron chi connectivity index (χ2n) is 8.16. The predicted molar refractivity (Wildman–Crippen MR) is 130 cm³/mol. The van der Waals surface area contributed by atoms with E-state index in [4.69, 9.17) is 11.1 Å². The van der Waals surface area contributed by atoms with Gasteiger partial charge in [0.05, 0.1) is 5.84 Å². The van der Waals surface area contributed by atoms with Gasteiger partial charge in [0.25, 0.3) is 0 Å². The van der Waals surface area contributed by atoms with Crippen LogP contribution in [0.4, 0.5) is 0 Å². The van der Waals surface area contributed by atoms with Crippen molar-refractivity contribution in [2.24, 2.45) is 29.4 Å². The first-order valence-corrected chi connectivity index (χ1v) is 13.1. The van der Waals surface area contributed by atoms with E-state index in [1.165, 1.54) is 12.8 Å². The topological polar surface area (TPSA) is 79.0 Å². The molecule has 0 heterocycles. The molecule has 164 valence electrons. The Balaban J connectivity index is 2.47. The SMILES string of the molecule is CCC(C)C(C)C(C(C)CC)C(C)NC(=N)CCSSc1ccc(C(N)=O)cc1. The number of amides is 1. The summed E-state index contributed by atoms with van der Waals surface area (Å²) in [6.07, 6.45) is 3.10. The second-order valence-corrected chi connectivity index (χ2v) is 10.7. The fraction of sp³-hybridized carbons (Fsp3) is 0.652. The summed E-state index contributed by atoms with van der Waals surface area (Å²) in [5.74, 6) is 3.64. The number of carbonyl (C=O) groups is 1. The minimum atomic E-state index is -0.402. The molecule has 29 heavy (non-hydrogen) atoms. The number of rotatable bonds is 13. The average Bonchev–Trinajstić information content (AvgIpc) is 2.70. The van der Waals surface area contributed by atoms with Crippen LogP contribution in [0.2, 0.25) is 0 Å². The van der Waals surface area contributed by atoms with Crippen LogP contribution in [-0.4, -0.2) is 23.5 Å². The van der Waals surface area contributed by atoms with Gasteiger partial charge in [-0.25, -0.2) is 0 Å². The lowest BCUT2D eigenvalue weighted by molar-refractivity contribution is 0.1000. The van der Waals surface area contributed by atoms with Crippen molar-refractivity contribution in [1.82, 2.24) is 5.32 Å². The van der Waals surface area contributed by atoms with E-state index in [0.29, 0.717) is 41.1 Å². The molecule has 0 aliphatic carbocycles. The minimum Gasteiger partial charge on any atom is -0.371 e. The normalized spacial score (nSPS) is 16.5. The lowest BCUT2D eigenvalue weighted by atomic mass is 9.72. The maximum absolute atomic E-state index is 11.1. The standard InChI is InChI=1S/C23H39N3OS2/c1-7-15(3)17(5)22(16(4)8-2)18(6)26-21(24)13-14-28-29-20-11-9-19(10-12-20)23(25)27/h9-12,15-18,22H,7-8,13-14H2,1-6H3,(H2,24,26)(H2,25,27). The fourth-order valence-corrected chi connectivity index (χ4v) is 5.86. The number of nitrogens with one attached hydrogen (secondary N) is 2. The Morgan fingerprint density at radius 1 is 1.07 bits per heavy atom. The summed E-state index contributed by atoms with van der Waals surface area (Å²) in [6, 6.07) is 7.64. The molecule has 1 aromatic carbocycles. The summed E-state index contributed by atoms with van der Waals surface area (Å²) < 4.78 is 0. The van der Waals surface area contributed by atoms with Gasteiger partial charge < -0.3 is 11.1 Å². The Morgan fingerprint density at radius 2 is 1.66 bits per heavy atom. The smallest absolute Gasteiger partial charge is 0.248 e. The first-order chi connectivity index (χ1) is 13.7. The van der Waals surface area contributed by atoms with Gasteiger partial charge in [-0.1, -0.05) is 69.0 Å². The van der Waals surface area contributed by atoms with Crippen molar-refractivity contribution in [3.8, 4) is 0 Å². The molecule has 0 fully saturated rings. The Bertz CT molecular complexity index is 636. The van der Waals surface area contributed by atoms with Gasteiger partial charge in [-0.15, -0.1) is 0 Å². The summed E-state index contributed by atoms with van der Waals surface area (Å²) in [7, 11) is 3.40. The summed E-state index contributed by atoms with van der Waals surface area (Å²) in [4.78, 5) is 12.2. The van der Waals surface area contributed by atoms with Gasteiger partial charge in [0.2, 0.25) is 5.91 Å². The van der Waals surface area contributed by atoms with Crippen molar-refractivity contribution in [2.45, 2.75) is 71.7 Å². The Labute approximate surface area is 185 Å². The highest BCUT2D eigenvalue weighted by molar-refractivity contribution is 8.76. The number of carbonyl (C=O) groups excluding carboxylic acids is 1. The largest absolute Gasteiger partial charge is 0.371 e. The molecule has 0 bridgehead atoms. The molecule has 1 amide bonds. The van der Waals surface area contributed by atoms with Crippen molar-refractivity contribution in [2.75, 3.05) is 5.75 Å². The molecule has 4 N–H and O–H groups in total. The molecule has 4 nitrogen and oxygen atoms in total. The van der Waals surface area contributed by atoms with Gasteiger partial charge in [0.15, 0.2) is 0 Å². The van der Waals surface area contributed by atoms with E-state index in [2.05, 4.69) is 46.9 Å². The molecular weight excluding hydrogens is 398 g/mol. The van der Waals surface area contributed by atoms with E-state index in [-0.39, 0.29) is 0 Å². The van der Waals surface area contributed by atoms with Gasteiger partial charge in [0.1, 0.15) is 0 Å². The molecular formula is C23H39N3OS2. The van der Waals surface area contributed by atoms with E-state index < -0.39 is 5.91 Å². The third-order valence-electron chi connectivity index (χ3n) is 6.16. The summed E-state index contributed by atoms with van der Waals surface area (Å²) >= 11 is 0. The quantitative estimate of drug-likeness (QED) is 0.148. The molecule has 5 atom stereocenters. The zero-order valence-electron chi connectivity index (χ0n) is 18.8. The molecule has 5 unspecified atom stereocenters. The second kappa shape index (κ2) is 13.2. The third kappa shape index (κ3) is 8.63. The highest BCUT2D eigenvalue weighted by atomic mass is 33.1. The summed E-state index contributed by atoms with van der Waals surface area (Å²) in [5.41, 5.74) is 5.80. The minimum absolute atomic E-state index is 0.306. The first kappa shape index (κ1) is 25.9. The van der Waals surface area contributed by atoms with E-state index in [1.54, 1.807) is 33.7 Å². The van der Waals surface area contributed by atoms with Gasteiger partial charge in [-0.3, -0.25) is 10.2 Å². The van der Waals surface area contributed by atoms with Crippen LogP contribution in [0, 0.1) is 29.1 Å². The Hall–Kier alpha value is -1.14. The van der Waals surface area contributed by atoms with Crippen molar-refractivity contribution in [3.05, 3.63) is 29.8 Å². The lowest BCUT2D eigenvalue weighted by Crippen LogP contribution is -2.44. The van der Waals surface area contributed by atoms with Crippen LogP contribution in [0.1, 0.15) is 71.2 Å². The number of amidine groups is 1.